The van der Waals surface area contributed by atoms with Crippen molar-refractivity contribution in [1.29, 1.82) is 0 Å². The third-order valence-electron chi connectivity index (χ3n) is 4.85. The Morgan fingerprint density at radius 3 is 2.35 bits per heavy atom. The Morgan fingerprint density at radius 1 is 1.12 bits per heavy atom. The minimum atomic E-state index is -1.22. The molecule has 6 heteroatoms. The van der Waals surface area contributed by atoms with Crippen LogP contribution in [0.3, 0.4) is 0 Å². The van der Waals surface area contributed by atoms with Crippen LogP contribution in [0.25, 0.3) is 0 Å². The number of rotatable bonds is 4. The summed E-state index contributed by atoms with van der Waals surface area (Å²) in [6.07, 6.45) is 0.993. The summed E-state index contributed by atoms with van der Waals surface area (Å²) in [6.45, 7) is 2.86. The van der Waals surface area contributed by atoms with Crippen molar-refractivity contribution in [3.8, 4) is 0 Å². The number of benzene rings is 2. The summed E-state index contributed by atoms with van der Waals surface area (Å²) in [7, 11) is 0. The fourth-order valence-corrected chi connectivity index (χ4v) is 3.23. The number of carbonyl (C=O) groups is 2. The smallest absolute Gasteiger partial charge is 0.335 e. The van der Waals surface area contributed by atoms with E-state index < -0.39 is 17.2 Å². The number of nitrogens with one attached hydrogen (secondary N) is 1. The molecular weight excluding hydrogens is 337 g/mol. The molecule has 0 spiro atoms. The number of ether oxygens (including phenoxy) is 1. The first-order valence-electron chi connectivity index (χ1n) is 8.41. The van der Waals surface area contributed by atoms with Gasteiger partial charge < -0.3 is 15.2 Å². The zero-order valence-electron chi connectivity index (χ0n) is 14.4. The average Bonchev–Trinajstić information content (AvgIpc) is 2.64. The highest BCUT2D eigenvalue weighted by molar-refractivity contribution is 5.99. The Labute approximate surface area is 150 Å². The van der Waals surface area contributed by atoms with Crippen molar-refractivity contribution in [2.75, 3.05) is 18.5 Å². The molecule has 0 atom stereocenters. The molecule has 2 aromatic rings. The molecule has 1 saturated heterocycles. The van der Waals surface area contributed by atoms with E-state index in [-0.39, 0.29) is 17.2 Å². The Hall–Kier alpha value is -2.73. The van der Waals surface area contributed by atoms with Crippen molar-refractivity contribution >= 4 is 17.6 Å². The van der Waals surface area contributed by atoms with Crippen LogP contribution >= 0.6 is 0 Å². The van der Waals surface area contributed by atoms with Gasteiger partial charge >= 0.3 is 5.97 Å². The van der Waals surface area contributed by atoms with Crippen LogP contribution in [0.5, 0.6) is 0 Å². The molecule has 2 aromatic carbocycles. The first-order chi connectivity index (χ1) is 12.4. The molecule has 26 heavy (non-hydrogen) atoms. The molecule has 0 aromatic heterocycles. The number of hydrogen-bond donors (Lipinski definition) is 2. The Morgan fingerprint density at radius 2 is 1.77 bits per heavy atom. The van der Waals surface area contributed by atoms with Crippen LogP contribution in [-0.4, -0.2) is 30.2 Å². The standard InChI is InChI=1S/C20H20FNO4/c1-13-2-5-15(6-3-13)20(8-10-26-11-9-20)19(25)22-17-7-4-14(18(23)24)12-16(17)21/h2-7,12H,8-11H2,1H3,(H,22,25)(H,23,24). The van der Waals surface area contributed by atoms with Crippen LogP contribution in [0, 0.1) is 12.7 Å². The molecule has 1 heterocycles. The van der Waals surface area contributed by atoms with Gasteiger partial charge in [0, 0.05) is 13.2 Å². The first-order valence-corrected chi connectivity index (χ1v) is 8.41. The van der Waals surface area contributed by atoms with E-state index in [1.54, 1.807) is 0 Å². The van der Waals surface area contributed by atoms with Crippen molar-refractivity contribution in [2.45, 2.75) is 25.2 Å². The van der Waals surface area contributed by atoms with Gasteiger partial charge in [0.2, 0.25) is 5.91 Å². The SMILES string of the molecule is Cc1ccc(C2(C(=O)Nc3ccc(C(=O)O)cc3F)CCOCC2)cc1. The topological polar surface area (TPSA) is 75.6 Å². The van der Waals surface area contributed by atoms with Gasteiger partial charge in [-0.3, -0.25) is 4.79 Å². The number of amides is 1. The predicted octanol–water partition coefficient (Wildman–Crippen LogP) is 3.52. The Bertz CT molecular complexity index is 826. The summed E-state index contributed by atoms with van der Waals surface area (Å²) in [5.74, 6) is -2.31. The van der Waals surface area contributed by atoms with Gasteiger partial charge in [-0.05, 0) is 43.5 Å². The summed E-state index contributed by atoms with van der Waals surface area (Å²) in [5, 5.41) is 11.6. The fourth-order valence-electron chi connectivity index (χ4n) is 3.23. The Balaban J connectivity index is 1.91. The molecule has 1 aliphatic rings. The van der Waals surface area contributed by atoms with Crippen molar-refractivity contribution in [3.05, 3.63) is 65.0 Å². The number of aryl methyl sites for hydroxylation is 1. The normalized spacial score (nSPS) is 16.1. The maximum atomic E-state index is 14.2. The van der Waals surface area contributed by atoms with E-state index >= 15 is 0 Å². The van der Waals surface area contributed by atoms with Gasteiger partial charge in [0.25, 0.3) is 0 Å². The van der Waals surface area contributed by atoms with Crippen LogP contribution in [0.2, 0.25) is 0 Å². The molecule has 1 amide bonds. The molecule has 0 aliphatic carbocycles. The van der Waals surface area contributed by atoms with Crippen molar-refractivity contribution < 1.29 is 23.8 Å². The first kappa shape index (κ1) is 18.1. The predicted molar refractivity (Wildman–Crippen MR) is 94.9 cm³/mol. The van der Waals surface area contributed by atoms with Crippen LogP contribution in [-0.2, 0) is 14.9 Å². The van der Waals surface area contributed by atoms with E-state index in [4.69, 9.17) is 9.84 Å². The number of carboxylic acids is 1. The molecule has 0 radical (unpaired) electrons. The highest BCUT2D eigenvalue weighted by atomic mass is 19.1. The van der Waals surface area contributed by atoms with Crippen molar-refractivity contribution in [2.24, 2.45) is 0 Å². The van der Waals surface area contributed by atoms with E-state index in [9.17, 15) is 14.0 Å². The second-order valence-electron chi connectivity index (χ2n) is 6.51. The lowest BCUT2D eigenvalue weighted by molar-refractivity contribution is -0.125. The molecule has 1 aliphatic heterocycles. The Kier molecular flexibility index (Phi) is 5.04. The van der Waals surface area contributed by atoms with Gasteiger partial charge in [0.1, 0.15) is 5.82 Å². The minimum absolute atomic E-state index is 0.0296. The van der Waals surface area contributed by atoms with Gasteiger partial charge in [-0.25, -0.2) is 9.18 Å². The van der Waals surface area contributed by atoms with E-state index in [0.717, 1.165) is 17.2 Å². The summed E-state index contributed by atoms with van der Waals surface area (Å²) in [4.78, 5) is 24.0. The highest BCUT2D eigenvalue weighted by Crippen LogP contribution is 2.36. The zero-order valence-corrected chi connectivity index (χ0v) is 14.4. The van der Waals surface area contributed by atoms with Crippen LogP contribution in [0.15, 0.2) is 42.5 Å². The third-order valence-corrected chi connectivity index (χ3v) is 4.85. The zero-order chi connectivity index (χ0) is 18.7. The number of anilines is 1. The number of halogens is 1. The highest BCUT2D eigenvalue weighted by Gasteiger charge is 2.42. The number of hydrogen-bond acceptors (Lipinski definition) is 3. The largest absolute Gasteiger partial charge is 0.478 e. The van der Waals surface area contributed by atoms with E-state index in [0.29, 0.717) is 26.1 Å². The van der Waals surface area contributed by atoms with Crippen molar-refractivity contribution in [1.82, 2.24) is 0 Å². The minimum Gasteiger partial charge on any atom is -0.478 e. The summed E-state index contributed by atoms with van der Waals surface area (Å²) in [6, 6.07) is 11.2. The molecule has 0 saturated carbocycles. The lowest BCUT2D eigenvalue weighted by Crippen LogP contribution is -2.45. The summed E-state index contributed by atoms with van der Waals surface area (Å²) < 4.78 is 19.6. The summed E-state index contributed by atoms with van der Waals surface area (Å²) >= 11 is 0. The number of aromatic carboxylic acids is 1. The molecule has 2 N–H and O–H groups in total. The quantitative estimate of drug-likeness (QED) is 0.878. The van der Waals surface area contributed by atoms with E-state index in [2.05, 4.69) is 5.32 Å². The lowest BCUT2D eigenvalue weighted by atomic mass is 9.73. The lowest BCUT2D eigenvalue weighted by Gasteiger charge is -2.36. The van der Waals surface area contributed by atoms with Crippen LogP contribution in [0.4, 0.5) is 10.1 Å². The van der Waals surface area contributed by atoms with Crippen LogP contribution in [0.1, 0.15) is 34.3 Å². The average molecular weight is 357 g/mol. The molecule has 3 rings (SSSR count). The van der Waals surface area contributed by atoms with E-state index in [1.165, 1.54) is 12.1 Å². The van der Waals surface area contributed by atoms with Gasteiger partial charge in [-0.1, -0.05) is 29.8 Å². The second-order valence-corrected chi connectivity index (χ2v) is 6.51. The molecule has 136 valence electrons. The van der Waals surface area contributed by atoms with Gasteiger partial charge in [-0.15, -0.1) is 0 Å². The summed E-state index contributed by atoms with van der Waals surface area (Å²) in [5.41, 5.74) is 0.958. The van der Waals surface area contributed by atoms with E-state index in [1.807, 2.05) is 31.2 Å². The van der Waals surface area contributed by atoms with Crippen molar-refractivity contribution in [3.63, 3.8) is 0 Å². The van der Waals surface area contributed by atoms with Gasteiger partial charge in [0.15, 0.2) is 0 Å². The maximum absolute atomic E-state index is 14.2. The molecule has 5 nitrogen and oxygen atoms in total. The molecular formula is C20H20FNO4. The third kappa shape index (κ3) is 3.46. The fraction of sp³-hybridized carbons (Fsp3) is 0.300. The molecule has 0 unspecified atom stereocenters. The monoisotopic (exact) mass is 357 g/mol. The van der Waals surface area contributed by atoms with Crippen LogP contribution < -0.4 is 5.32 Å². The number of carbonyl (C=O) groups excluding carboxylic acids is 1. The van der Waals surface area contributed by atoms with Gasteiger partial charge in [-0.2, -0.15) is 0 Å². The number of carboxylic acid groups (broad SMARTS) is 1. The second kappa shape index (κ2) is 7.25. The molecule has 0 bridgehead atoms. The van der Waals surface area contributed by atoms with Gasteiger partial charge in [0.05, 0.1) is 16.7 Å². The molecule has 1 fully saturated rings. The maximum Gasteiger partial charge on any atom is 0.335 e.